The van der Waals surface area contributed by atoms with Gasteiger partial charge in [-0.2, -0.15) is 0 Å². The molecule has 2 heterocycles. The van der Waals surface area contributed by atoms with Gasteiger partial charge in [0, 0.05) is 23.9 Å². The molecular formula is C22H20FN3O4S. The number of hydrogen-bond donors (Lipinski definition) is 1. The number of carbonyl (C=O) groups excluding carboxylic acids is 2. The van der Waals surface area contributed by atoms with Gasteiger partial charge in [-0.25, -0.2) is 9.37 Å². The van der Waals surface area contributed by atoms with Crippen molar-refractivity contribution in [1.29, 1.82) is 0 Å². The lowest BCUT2D eigenvalue weighted by molar-refractivity contribution is -0.125. The third kappa shape index (κ3) is 4.36. The zero-order chi connectivity index (χ0) is 22.0. The second-order valence-corrected chi connectivity index (χ2v) is 7.76. The molecule has 0 saturated carbocycles. The maximum atomic E-state index is 13.9. The van der Waals surface area contributed by atoms with Gasteiger partial charge in [0.15, 0.2) is 22.8 Å². The van der Waals surface area contributed by atoms with Gasteiger partial charge in [-0.1, -0.05) is 12.1 Å². The van der Waals surface area contributed by atoms with Crippen molar-refractivity contribution in [3.8, 4) is 22.8 Å². The number of rotatable bonds is 6. The molecule has 31 heavy (non-hydrogen) atoms. The minimum absolute atomic E-state index is 0.0961. The standard InChI is InChI=1S/C22H20FN3O4S/c1-13-21(28)26(17-5-3-4-6-19(17)30-13)10-9-20(27)25-22-24-16(12-31-22)14-7-8-18(29-2)15(23)11-14/h3-8,11-13H,9-10H2,1-2H3,(H,24,25,27)/t13-/m0/s1. The van der Waals surface area contributed by atoms with Crippen molar-refractivity contribution in [3.63, 3.8) is 0 Å². The Balaban J connectivity index is 1.40. The van der Waals surface area contributed by atoms with Crippen molar-refractivity contribution in [3.05, 3.63) is 53.7 Å². The summed E-state index contributed by atoms with van der Waals surface area (Å²) in [5.41, 5.74) is 1.78. The van der Waals surface area contributed by atoms with Crippen LogP contribution in [0.2, 0.25) is 0 Å². The van der Waals surface area contributed by atoms with E-state index in [1.807, 2.05) is 12.1 Å². The Morgan fingerprint density at radius 2 is 2.13 bits per heavy atom. The number of halogens is 1. The van der Waals surface area contributed by atoms with Crippen LogP contribution in [0.5, 0.6) is 11.5 Å². The third-order valence-electron chi connectivity index (χ3n) is 4.83. The van der Waals surface area contributed by atoms with E-state index >= 15 is 0 Å². The highest BCUT2D eigenvalue weighted by Crippen LogP contribution is 2.34. The molecule has 7 nitrogen and oxygen atoms in total. The fourth-order valence-electron chi connectivity index (χ4n) is 3.27. The van der Waals surface area contributed by atoms with Crippen LogP contribution in [0.3, 0.4) is 0 Å². The average Bonchev–Trinajstić information content (AvgIpc) is 3.22. The van der Waals surface area contributed by atoms with Gasteiger partial charge in [-0.05, 0) is 37.3 Å². The van der Waals surface area contributed by atoms with Crippen LogP contribution in [-0.2, 0) is 9.59 Å². The molecule has 2 amide bonds. The smallest absolute Gasteiger partial charge is 0.267 e. The topological polar surface area (TPSA) is 80.8 Å². The Morgan fingerprint density at radius 3 is 2.90 bits per heavy atom. The average molecular weight is 441 g/mol. The van der Waals surface area contributed by atoms with Gasteiger partial charge in [-0.15, -0.1) is 11.3 Å². The van der Waals surface area contributed by atoms with Gasteiger partial charge >= 0.3 is 0 Å². The Labute approximate surface area is 182 Å². The number of benzene rings is 2. The number of fused-ring (bicyclic) bond motifs is 1. The molecule has 1 atom stereocenters. The molecule has 0 bridgehead atoms. The van der Waals surface area contributed by atoms with Crippen molar-refractivity contribution in [2.24, 2.45) is 0 Å². The first-order valence-corrected chi connectivity index (χ1v) is 10.5. The molecule has 0 saturated heterocycles. The summed E-state index contributed by atoms with van der Waals surface area (Å²) in [7, 11) is 1.40. The number of ether oxygens (including phenoxy) is 2. The van der Waals surface area contributed by atoms with E-state index in [1.54, 1.807) is 35.4 Å². The number of amides is 2. The molecule has 1 aromatic heterocycles. The fourth-order valence-corrected chi connectivity index (χ4v) is 4.01. The van der Waals surface area contributed by atoms with Crippen LogP contribution in [0.4, 0.5) is 15.2 Å². The van der Waals surface area contributed by atoms with Crippen LogP contribution < -0.4 is 19.7 Å². The van der Waals surface area contributed by atoms with Crippen LogP contribution in [-0.4, -0.2) is 36.6 Å². The minimum atomic E-state index is -0.607. The lowest BCUT2D eigenvalue weighted by atomic mass is 10.1. The summed E-state index contributed by atoms with van der Waals surface area (Å²) in [5, 5.41) is 4.88. The van der Waals surface area contributed by atoms with Crippen LogP contribution in [0.1, 0.15) is 13.3 Å². The summed E-state index contributed by atoms with van der Waals surface area (Å²) in [6, 6.07) is 11.8. The van der Waals surface area contributed by atoms with Crippen LogP contribution >= 0.6 is 11.3 Å². The Morgan fingerprint density at radius 1 is 1.32 bits per heavy atom. The first kappa shape index (κ1) is 20.8. The summed E-state index contributed by atoms with van der Waals surface area (Å²) in [6.07, 6.45) is -0.511. The molecule has 0 spiro atoms. The Hall–Kier alpha value is -3.46. The molecule has 1 aliphatic rings. The van der Waals surface area contributed by atoms with Crippen molar-refractivity contribution in [2.45, 2.75) is 19.4 Å². The van der Waals surface area contributed by atoms with E-state index in [-0.39, 0.29) is 30.5 Å². The van der Waals surface area contributed by atoms with Crippen molar-refractivity contribution >= 4 is 34.0 Å². The summed E-state index contributed by atoms with van der Waals surface area (Å²) >= 11 is 1.24. The minimum Gasteiger partial charge on any atom is -0.494 e. The molecule has 1 N–H and O–H groups in total. The normalized spacial score (nSPS) is 15.3. The van der Waals surface area contributed by atoms with E-state index in [9.17, 15) is 14.0 Å². The highest BCUT2D eigenvalue weighted by atomic mass is 32.1. The number of aromatic nitrogens is 1. The monoisotopic (exact) mass is 441 g/mol. The zero-order valence-corrected chi connectivity index (χ0v) is 17.7. The van der Waals surface area contributed by atoms with Gasteiger partial charge in [0.05, 0.1) is 18.5 Å². The summed E-state index contributed by atoms with van der Waals surface area (Å²) in [6.45, 7) is 1.90. The van der Waals surface area contributed by atoms with E-state index in [2.05, 4.69) is 10.3 Å². The quantitative estimate of drug-likeness (QED) is 0.623. The molecule has 0 aliphatic carbocycles. The maximum Gasteiger partial charge on any atom is 0.267 e. The van der Waals surface area contributed by atoms with E-state index in [0.29, 0.717) is 27.8 Å². The molecule has 2 aromatic carbocycles. The molecular weight excluding hydrogens is 421 g/mol. The van der Waals surface area contributed by atoms with Crippen LogP contribution in [0.25, 0.3) is 11.3 Å². The molecule has 0 radical (unpaired) electrons. The summed E-state index contributed by atoms with van der Waals surface area (Å²) in [4.78, 5) is 30.9. The predicted octanol–water partition coefficient (Wildman–Crippen LogP) is 4.10. The van der Waals surface area contributed by atoms with Crippen molar-refractivity contribution in [1.82, 2.24) is 4.98 Å². The van der Waals surface area contributed by atoms with Crippen molar-refractivity contribution in [2.75, 3.05) is 23.9 Å². The van der Waals surface area contributed by atoms with Gasteiger partial charge in [-0.3, -0.25) is 9.59 Å². The molecule has 0 unspecified atom stereocenters. The highest BCUT2D eigenvalue weighted by molar-refractivity contribution is 7.14. The number of carbonyl (C=O) groups is 2. The first-order chi connectivity index (χ1) is 15.0. The fraction of sp³-hybridized carbons (Fsp3) is 0.227. The molecule has 160 valence electrons. The van der Waals surface area contributed by atoms with E-state index in [0.717, 1.165) is 0 Å². The number of anilines is 2. The summed E-state index contributed by atoms with van der Waals surface area (Å²) in [5.74, 6) is -0.175. The largest absolute Gasteiger partial charge is 0.494 e. The predicted molar refractivity (Wildman–Crippen MR) is 116 cm³/mol. The molecule has 1 aliphatic heterocycles. The van der Waals surface area contributed by atoms with Crippen LogP contribution in [0, 0.1) is 5.82 Å². The maximum absolute atomic E-state index is 13.9. The number of nitrogens with zero attached hydrogens (tertiary/aromatic N) is 2. The number of thiazole rings is 1. The van der Waals surface area contributed by atoms with Gasteiger partial charge < -0.3 is 19.7 Å². The molecule has 4 rings (SSSR count). The van der Waals surface area contributed by atoms with E-state index < -0.39 is 11.9 Å². The van der Waals surface area contributed by atoms with Crippen LogP contribution in [0.15, 0.2) is 47.8 Å². The molecule has 0 fully saturated rings. The lowest BCUT2D eigenvalue weighted by Gasteiger charge is -2.32. The number of nitrogens with one attached hydrogen (secondary N) is 1. The second-order valence-electron chi connectivity index (χ2n) is 6.90. The zero-order valence-electron chi connectivity index (χ0n) is 16.9. The number of para-hydroxylation sites is 2. The Kier molecular flexibility index (Phi) is 5.85. The van der Waals surface area contributed by atoms with Gasteiger partial charge in [0.2, 0.25) is 5.91 Å². The van der Waals surface area contributed by atoms with E-state index in [4.69, 9.17) is 9.47 Å². The van der Waals surface area contributed by atoms with Gasteiger partial charge in [0.25, 0.3) is 5.91 Å². The van der Waals surface area contributed by atoms with E-state index in [1.165, 1.54) is 30.6 Å². The summed E-state index contributed by atoms with van der Waals surface area (Å²) < 4.78 is 24.5. The second kappa shape index (κ2) is 8.73. The highest BCUT2D eigenvalue weighted by Gasteiger charge is 2.31. The third-order valence-corrected chi connectivity index (χ3v) is 5.59. The number of hydrogen-bond acceptors (Lipinski definition) is 6. The Bertz CT molecular complexity index is 1130. The first-order valence-electron chi connectivity index (χ1n) is 9.62. The lowest BCUT2D eigenvalue weighted by Crippen LogP contribution is -2.45. The number of methoxy groups -OCH3 is 1. The SMILES string of the molecule is COc1ccc(-c2csc(NC(=O)CCN3C(=O)[C@H](C)Oc4ccccc43)n2)cc1F. The molecule has 9 heteroatoms. The van der Waals surface area contributed by atoms with Crippen molar-refractivity contribution < 1.29 is 23.5 Å². The molecule has 3 aromatic rings. The van der Waals surface area contributed by atoms with Gasteiger partial charge in [0.1, 0.15) is 5.75 Å².